The van der Waals surface area contributed by atoms with Gasteiger partial charge in [0.2, 0.25) is 0 Å². The molecule has 4 aromatic rings. The van der Waals surface area contributed by atoms with E-state index in [0.29, 0.717) is 26.1 Å². The van der Waals surface area contributed by atoms with Gasteiger partial charge in [-0.15, -0.1) is 0 Å². The predicted octanol–water partition coefficient (Wildman–Crippen LogP) is 6.97. The van der Waals surface area contributed by atoms with Gasteiger partial charge in [0.1, 0.15) is 5.60 Å². The topological polar surface area (TPSA) is 75.8 Å². The summed E-state index contributed by atoms with van der Waals surface area (Å²) in [5.41, 5.74) is 11.4. The van der Waals surface area contributed by atoms with Crippen LogP contribution in [0.4, 0.5) is 4.79 Å². The molecule has 0 unspecified atom stereocenters. The van der Waals surface area contributed by atoms with Gasteiger partial charge in [-0.25, -0.2) is 4.79 Å². The number of rotatable bonds is 8. The summed E-state index contributed by atoms with van der Waals surface area (Å²) in [6.45, 7) is 7.34. The third-order valence-corrected chi connectivity index (χ3v) is 5.91. The van der Waals surface area contributed by atoms with E-state index >= 15 is 0 Å². The van der Waals surface area contributed by atoms with Crippen molar-refractivity contribution in [1.82, 2.24) is 4.90 Å². The molecule has 5 nitrogen and oxygen atoms in total. The molecule has 0 radical (unpaired) electrons. The summed E-state index contributed by atoms with van der Waals surface area (Å²) < 4.78 is 5.67. The Morgan fingerprint density at radius 2 is 1.21 bits per heavy atom. The third kappa shape index (κ3) is 10.4. The van der Waals surface area contributed by atoms with Gasteiger partial charge in [0.25, 0.3) is 0 Å². The van der Waals surface area contributed by atoms with Crippen LogP contribution >= 0.6 is 0 Å². The van der Waals surface area contributed by atoms with Gasteiger partial charge in [-0.05, 0) is 66.6 Å². The van der Waals surface area contributed by atoms with Crippen molar-refractivity contribution in [3.8, 4) is 11.1 Å². The van der Waals surface area contributed by atoms with Crippen LogP contribution < -0.4 is 5.73 Å². The summed E-state index contributed by atoms with van der Waals surface area (Å²) in [6.07, 6.45) is 0.309. The zero-order chi connectivity index (χ0) is 28.1. The van der Waals surface area contributed by atoms with Crippen LogP contribution in [0.2, 0.25) is 0 Å². The van der Waals surface area contributed by atoms with Crippen LogP contribution in [0.15, 0.2) is 109 Å². The van der Waals surface area contributed by atoms with Gasteiger partial charge in [-0.2, -0.15) is 0 Å². The van der Waals surface area contributed by atoms with E-state index in [1.165, 1.54) is 5.56 Å². The number of ether oxygens (including phenoxy) is 1. The molecule has 0 fully saturated rings. The van der Waals surface area contributed by atoms with Crippen LogP contribution in [-0.4, -0.2) is 28.3 Å². The quantitative estimate of drug-likeness (QED) is 0.261. The highest BCUT2D eigenvalue weighted by atomic mass is 16.6. The lowest BCUT2D eigenvalue weighted by Gasteiger charge is -2.27. The van der Waals surface area contributed by atoms with Crippen LogP contribution in [-0.2, 0) is 30.8 Å². The summed E-state index contributed by atoms with van der Waals surface area (Å²) in [4.78, 5) is 14.7. The minimum absolute atomic E-state index is 0.133. The van der Waals surface area contributed by atoms with Gasteiger partial charge in [0.05, 0.1) is 0 Å². The van der Waals surface area contributed by atoms with Crippen molar-refractivity contribution in [2.24, 2.45) is 5.73 Å². The van der Waals surface area contributed by atoms with Crippen LogP contribution in [0.1, 0.15) is 43.0 Å². The molecule has 0 saturated carbocycles. The number of aliphatic hydroxyl groups is 1. The first-order chi connectivity index (χ1) is 18.8. The zero-order valence-corrected chi connectivity index (χ0v) is 23.2. The first-order valence-corrected chi connectivity index (χ1v) is 13.3. The van der Waals surface area contributed by atoms with Crippen molar-refractivity contribution < 1.29 is 14.6 Å². The highest BCUT2D eigenvalue weighted by Crippen LogP contribution is 2.23. The fourth-order valence-corrected chi connectivity index (χ4v) is 4.03. The molecular formula is C34H40N2O3. The Balaban J connectivity index is 0.000000449. The van der Waals surface area contributed by atoms with Gasteiger partial charge < -0.3 is 15.6 Å². The van der Waals surface area contributed by atoms with Gasteiger partial charge in [-0.3, -0.25) is 4.90 Å². The first kappa shape index (κ1) is 29.6. The van der Waals surface area contributed by atoms with Crippen molar-refractivity contribution >= 4 is 6.09 Å². The number of amides is 1. The maximum atomic E-state index is 12.9. The summed E-state index contributed by atoms with van der Waals surface area (Å²) in [6, 6.07) is 36.4. The van der Waals surface area contributed by atoms with E-state index in [2.05, 4.69) is 24.3 Å². The summed E-state index contributed by atoms with van der Waals surface area (Å²) in [7, 11) is 0. The molecule has 0 atom stereocenters. The summed E-state index contributed by atoms with van der Waals surface area (Å²) in [5.74, 6) is 0. The average molecular weight is 525 g/mol. The monoisotopic (exact) mass is 524 g/mol. The van der Waals surface area contributed by atoms with E-state index in [-0.39, 0.29) is 12.7 Å². The standard InChI is InChI=1S/C27H31NO3.C7H9N/c1-27(2,3)31-26(30)28(19-22-9-5-4-6-10-22)20-23-12-8-14-25(18-23)24-13-7-11-21(17-24)15-16-29;8-6-7-4-2-1-3-5-7/h4-14,17-18,29H,15-16,19-20H2,1-3H3;1-5H,6,8H2. The normalized spacial score (nSPS) is 10.8. The van der Waals surface area contributed by atoms with Crippen molar-refractivity contribution in [1.29, 1.82) is 0 Å². The van der Waals surface area contributed by atoms with Crippen molar-refractivity contribution in [3.05, 3.63) is 131 Å². The molecule has 0 spiro atoms. The average Bonchev–Trinajstić information content (AvgIpc) is 2.94. The Morgan fingerprint density at radius 1 is 0.718 bits per heavy atom. The third-order valence-electron chi connectivity index (χ3n) is 5.91. The summed E-state index contributed by atoms with van der Waals surface area (Å²) in [5, 5.41) is 9.23. The fourth-order valence-electron chi connectivity index (χ4n) is 4.03. The first-order valence-electron chi connectivity index (χ1n) is 13.3. The molecule has 0 aromatic heterocycles. The molecule has 4 rings (SSSR count). The highest BCUT2D eigenvalue weighted by molar-refractivity contribution is 5.69. The van der Waals surface area contributed by atoms with Crippen LogP contribution in [0.25, 0.3) is 11.1 Å². The summed E-state index contributed by atoms with van der Waals surface area (Å²) >= 11 is 0. The van der Waals surface area contributed by atoms with Crippen LogP contribution in [0.3, 0.4) is 0 Å². The Morgan fingerprint density at radius 3 is 1.72 bits per heavy atom. The molecule has 4 aromatic carbocycles. The lowest BCUT2D eigenvalue weighted by molar-refractivity contribution is 0.0216. The SMILES string of the molecule is CC(C)(C)OC(=O)N(Cc1ccccc1)Cc1cccc(-c2cccc(CCO)c2)c1.NCc1ccccc1. The van der Waals surface area contributed by atoms with Gasteiger partial charge in [0.15, 0.2) is 0 Å². The van der Waals surface area contributed by atoms with E-state index in [1.54, 1.807) is 4.90 Å². The number of nitrogens with zero attached hydrogens (tertiary/aromatic N) is 1. The lowest BCUT2D eigenvalue weighted by Crippen LogP contribution is -2.36. The smallest absolute Gasteiger partial charge is 0.410 e. The highest BCUT2D eigenvalue weighted by Gasteiger charge is 2.22. The predicted molar refractivity (Wildman–Crippen MR) is 159 cm³/mol. The number of benzene rings is 4. The van der Waals surface area contributed by atoms with E-state index in [1.807, 2.05) is 106 Å². The minimum atomic E-state index is -0.555. The maximum Gasteiger partial charge on any atom is 0.410 e. The molecule has 3 N–H and O–H groups in total. The molecule has 0 aliphatic heterocycles. The molecule has 0 saturated heterocycles. The molecule has 204 valence electrons. The van der Waals surface area contributed by atoms with Crippen molar-refractivity contribution in [2.75, 3.05) is 6.61 Å². The molecule has 39 heavy (non-hydrogen) atoms. The lowest BCUT2D eigenvalue weighted by atomic mass is 10.00. The van der Waals surface area contributed by atoms with Crippen LogP contribution in [0.5, 0.6) is 0 Å². The van der Waals surface area contributed by atoms with Gasteiger partial charge >= 0.3 is 6.09 Å². The Kier molecular flexibility index (Phi) is 11.3. The zero-order valence-electron chi connectivity index (χ0n) is 23.2. The van der Waals surface area contributed by atoms with E-state index < -0.39 is 5.60 Å². The van der Waals surface area contributed by atoms with Crippen molar-refractivity contribution in [2.45, 2.75) is 52.4 Å². The molecule has 0 aliphatic rings. The van der Waals surface area contributed by atoms with Crippen molar-refractivity contribution in [3.63, 3.8) is 0 Å². The molecule has 0 aliphatic carbocycles. The van der Waals surface area contributed by atoms with Gasteiger partial charge in [-0.1, -0.05) is 103 Å². The molecule has 0 heterocycles. The number of aliphatic hydroxyl groups excluding tert-OH is 1. The molecular weight excluding hydrogens is 484 g/mol. The van der Waals surface area contributed by atoms with E-state index in [9.17, 15) is 9.90 Å². The fraction of sp³-hybridized carbons (Fsp3) is 0.265. The number of hydrogen-bond acceptors (Lipinski definition) is 4. The minimum Gasteiger partial charge on any atom is -0.444 e. The molecule has 1 amide bonds. The largest absolute Gasteiger partial charge is 0.444 e. The Hall–Kier alpha value is -3.93. The number of hydrogen-bond donors (Lipinski definition) is 2. The molecule has 0 bridgehead atoms. The second-order valence-electron chi connectivity index (χ2n) is 10.4. The van der Waals surface area contributed by atoms with Crippen LogP contribution in [0, 0.1) is 0 Å². The second-order valence-corrected chi connectivity index (χ2v) is 10.4. The van der Waals surface area contributed by atoms with E-state index in [4.69, 9.17) is 10.5 Å². The second kappa shape index (κ2) is 14.9. The van der Waals surface area contributed by atoms with Gasteiger partial charge in [0, 0.05) is 26.2 Å². The van der Waals surface area contributed by atoms with E-state index in [0.717, 1.165) is 27.8 Å². The number of carbonyl (C=O) groups excluding carboxylic acids is 1. The Labute approximate surface area is 232 Å². The number of nitrogens with two attached hydrogens (primary N) is 1. The number of carbonyl (C=O) groups is 1. The molecule has 5 heteroatoms. The Bertz CT molecular complexity index is 1280. The maximum absolute atomic E-state index is 12.9.